The van der Waals surface area contributed by atoms with Crippen LogP contribution in [0.1, 0.15) is 16.1 Å². The molecular formula is C17H17N3O4S. The number of hydrogen-bond donors (Lipinski definition) is 3. The van der Waals surface area contributed by atoms with E-state index in [9.17, 15) is 13.2 Å². The van der Waals surface area contributed by atoms with Gasteiger partial charge in [0, 0.05) is 10.9 Å². The molecule has 0 saturated carbocycles. The number of H-pyrrole nitrogens is 1. The van der Waals surface area contributed by atoms with Gasteiger partial charge in [-0.05, 0) is 42.8 Å². The van der Waals surface area contributed by atoms with Gasteiger partial charge >= 0.3 is 0 Å². The molecule has 1 heterocycles. The fourth-order valence-electron chi connectivity index (χ4n) is 2.51. The number of methoxy groups -OCH3 is 1. The van der Waals surface area contributed by atoms with Gasteiger partial charge in [-0.15, -0.1) is 0 Å². The summed E-state index contributed by atoms with van der Waals surface area (Å²) in [4.78, 5) is 15.4. The molecule has 2 aromatic carbocycles. The summed E-state index contributed by atoms with van der Waals surface area (Å²) >= 11 is 0. The number of aromatic amines is 1. The van der Waals surface area contributed by atoms with Crippen molar-refractivity contribution >= 4 is 32.5 Å². The van der Waals surface area contributed by atoms with Crippen molar-refractivity contribution < 1.29 is 17.9 Å². The lowest BCUT2D eigenvalue weighted by atomic mass is 10.2. The fraction of sp³-hybridized carbons (Fsp3) is 0.118. The van der Waals surface area contributed by atoms with Crippen molar-refractivity contribution in [3.05, 3.63) is 53.7 Å². The van der Waals surface area contributed by atoms with Crippen LogP contribution in [0.5, 0.6) is 5.75 Å². The predicted octanol–water partition coefficient (Wildman–Crippen LogP) is 2.38. The number of aryl methyl sites for hydroxylation is 1. The van der Waals surface area contributed by atoms with Gasteiger partial charge in [0.25, 0.3) is 5.91 Å². The lowest BCUT2D eigenvalue weighted by Gasteiger charge is -2.11. The minimum atomic E-state index is -3.89. The van der Waals surface area contributed by atoms with Gasteiger partial charge in [0.1, 0.15) is 11.4 Å². The van der Waals surface area contributed by atoms with E-state index in [2.05, 4.69) is 10.3 Å². The van der Waals surface area contributed by atoms with Crippen LogP contribution in [0.15, 0.2) is 47.4 Å². The van der Waals surface area contributed by atoms with E-state index in [4.69, 9.17) is 9.88 Å². The third kappa shape index (κ3) is 3.49. The number of benzene rings is 2. The SMILES string of the molecule is COc1ccc(S(N)(=O)=O)cc1NC(=O)c1cc2ccc(C)cc2[nH]1. The van der Waals surface area contributed by atoms with Crippen molar-refractivity contribution in [3.63, 3.8) is 0 Å². The number of sulfonamides is 1. The summed E-state index contributed by atoms with van der Waals surface area (Å²) in [5.74, 6) is -0.0913. The molecule has 7 nitrogen and oxygen atoms in total. The summed E-state index contributed by atoms with van der Waals surface area (Å²) < 4.78 is 28.2. The minimum Gasteiger partial charge on any atom is -0.495 e. The summed E-state index contributed by atoms with van der Waals surface area (Å²) in [6, 6.07) is 11.5. The maximum absolute atomic E-state index is 12.5. The highest BCUT2D eigenvalue weighted by atomic mass is 32.2. The first-order valence-electron chi connectivity index (χ1n) is 7.39. The number of ether oxygens (including phenoxy) is 1. The van der Waals surface area contributed by atoms with E-state index in [1.54, 1.807) is 6.07 Å². The summed E-state index contributed by atoms with van der Waals surface area (Å²) in [5.41, 5.74) is 2.48. The Morgan fingerprint density at radius 1 is 1.16 bits per heavy atom. The molecule has 8 heteroatoms. The molecule has 25 heavy (non-hydrogen) atoms. The van der Waals surface area contributed by atoms with E-state index in [1.807, 2.05) is 25.1 Å². The first-order chi connectivity index (χ1) is 11.8. The summed E-state index contributed by atoms with van der Waals surface area (Å²) in [6.07, 6.45) is 0. The number of rotatable bonds is 4. The third-order valence-electron chi connectivity index (χ3n) is 3.77. The van der Waals surface area contributed by atoms with Crippen molar-refractivity contribution in [1.82, 2.24) is 4.98 Å². The van der Waals surface area contributed by atoms with Crippen molar-refractivity contribution in [3.8, 4) is 5.75 Å². The highest BCUT2D eigenvalue weighted by Crippen LogP contribution is 2.28. The molecule has 0 saturated heterocycles. The normalized spacial score (nSPS) is 11.5. The van der Waals surface area contributed by atoms with Crippen LogP contribution in [0, 0.1) is 6.92 Å². The third-order valence-corrected chi connectivity index (χ3v) is 4.68. The van der Waals surface area contributed by atoms with Crippen LogP contribution in [-0.2, 0) is 10.0 Å². The van der Waals surface area contributed by atoms with E-state index >= 15 is 0 Å². The molecule has 0 bridgehead atoms. The van der Waals surface area contributed by atoms with Crippen LogP contribution < -0.4 is 15.2 Å². The number of hydrogen-bond acceptors (Lipinski definition) is 4. The van der Waals surface area contributed by atoms with Gasteiger partial charge in [-0.3, -0.25) is 4.79 Å². The van der Waals surface area contributed by atoms with E-state index in [1.165, 1.54) is 25.3 Å². The van der Waals surface area contributed by atoms with Crippen LogP contribution in [-0.4, -0.2) is 26.4 Å². The molecule has 0 atom stereocenters. The molecule has 0 unspecified atom stereocenters. The van der Waals surface area contributed by atoms with Gasteiger partial charge in [-0.2, -0.15) is 0 Å². The molecule has 1 aromatic heterocycles. The second-order valence-corrected chi connectivity index (χ2v) is 7.20. The smallest absolute Gasteiger partial charge is 0.272 e. The highest BCUT2D eigenvalue weighted by molar-refractivity contribution is 7.89. The molecule has 3 aromatic rings. The van der Waals surface area contributed by atoms with E-state index < -0.39 is 15.9 Å². The first kappa shape index (κ1) is 17.0. The number of anilines is 1. The zero-order chi connectivity index (χ0) is 18.2. The van der Waals surface area contributed by atoms with Crippen LogP contribution in [0.25, 0.3) is 10.9 Å². The van der Waals surface area contributed by atoms with Crippen molar-refractivity contribution in [2.45, 2.75) is 11.8 Å². The Labute approximate surface area is 144 Å². The lowest BCUT2D eigenvalue weighted by Crippen LogP contribution is -2.15. The average Bonchev–Trinajstić information content (AvgIpc) is 2.97. The molecule has 130 valence electrons. The standard InChI is InChI=1S/C17H17N3O4S/c1-10-3-4-11-8-15(19-13(11)7-10)17(21)20-14-9-12(25(18,22)23)5-6-16(14)24-2/h3-9,19H,1-2H3,(H,20,21)(H2,18,22,23). The Balaban J connectivity index is 1.96. The summed E-state index contributed by atoms with van der Waals surface area (Å²) in [5, 5.41) is 8.69. The number of nitrogens with two attached hydrogens (primary N) is 1. The fourth-order valence-corrected chi connectivity index (χ4v) is 3.05. The molecule has 3 rings (SSSR count). The maximum atomic E-state index is 12.5. The number of amides is 1. The van der Waals surface area contributed by atoms with Crippen molar-refractivity contribution in [1.29, 1.82) is 0 Å². The van der Waals surface area contributed by atoms with Gasteiger partial charge in [0.05, 0.1) is 17.7 Å². The van der Waals surface area contributed by atoms with Crippen molar-refractivity contribution in [2.75, 3.05) is 12.4 Å². The maximum Gasteiger partial charge on any atom is 0.272 e. The molecule has 0 spiro atoms. The Morgan fingerprint density at radius 3 is 2.60 bits per heavy atom. The molecule has 1 amide bonds. The number of carbonyl (C=O) groups is 1. The Bertz CT molecular complexity index is 1070. The topological polar surface area (TPSA) is 114 Å². The average molecular weight is 359 g/mol. The molecule has 4 N–H and O–H groups in total. The molecule has 0 aliphatic heterocycles. The van der Waals surface area contributed by atoms with E-state index in [0.717, 1.165) is 16.5 Å². The van der Waals surface area contributed by atoms with Crippen molar-refractivity contribution in [2.24, 2.45) is 5.14 Å². The Morgan fingerprint density at radius 2 is 1.92 bits per heavy atom. The minimum absolute atomic E-state index is 0.115. The molecular weight excluding hydrogens is 342 g/mol. The molecule has 0 fully saturated rings. The van der Waals surface area contributed by atoms with Gasteiger partial charge < -0.3 is 15.0 Å². The zero-order valence-corrected chi connectivity index (χ0v) is 14.5. The van der Waals surface area contributed by atoms with E-state index in [-0.39, 0.29) is 10.6 Å². The Hall–Kier alpha value is -2.84. The number of aromatic nitrogens is 1. The highest BCUT2D eigenvalue weighted by Gasteiger charge is 2.16. The van der Waals surface area contributed by atoms with E-state index in [0.29, 0.717) is 11.4 Å². The first-order valence-corrected chi connectivity index (χ1v) is 8.94. The van der Waals surface area contributed by atoms with Crippen LogP contribution >= 0.6 is 0 Å². The van der Waals surface area contributed by atoms with Crippen LogP contribution in [0.2, 0.25) is 0 Å². The largest absolute Gasteiger partial charge is 0.495 e. The lowest BCUT2D eigenvalue weighted by molar-refractivity contribution is 0.102. The monoisotopic (exact) mass is 359 g/mol. The predicted molar refractivity (Wildman–Crippen MR) is 95.4 cm³/mol. The van der Waals surface area contributed by atoms with Gasteiger partial charge in [-0.25, -0.2) is 13.6 Å². The number of carbonyl (C=O) groups excluding carboxylic acids is 1. The summed E-state index contributed by atoms with van der Waals surface area (Å²) in [7, 11) is -2.47. The van der Waals surface area contributed by atoms with Crippen LogP contribution in [0.4, 0.5) is 5.69 Å². The van der Waals surface area contributed by atoms with Gasteiger partial charge in [0.2, 0.25) is 10.0 Å². The van der Waals surface area contributed by atoms with Gasteiger partial charge in [0.15, 0.2) is 0 Å². The zero-order valence-electron chi connectivity index (χ0n) is 13.7. The van der Waals surface area contributed by atoms with Gasteiger partial charge in [-0.1, -0.05) is 12.1 Å². The number of nitrogens with one attached hydrogen (secondary N) is 2. The summed E-state index contributed by atoms with van der Waals surface area (Å²) in [6.45, 7) is 1.96. The molecule has 0 aliphatic rings. The number of primary sulfonamides is 1. The van der Waals surface area contributed by atoms with Crippen LogP contribution in [0.3, 0.4) is 0 Å². The Kier molecular flexibility index (Phi) is 4.23. The quantitative estimate of drug-likeness (QED) is 0.663. The second kappa shape index (κ2) is 6.23. The number of fused-ring (bicyclic) bond motifs is 1. The molecule has 0 radical (unpaired) electrons. The second-order valence-electron chi connectivity index (χ2n) is 5.63. The molecule has 0 aliphatic carbocycles.